The smallest absolute Gasteiger partial charge is 0.335 e. The van der Waals surface area contributed by atoms with Gasteiger partial charge in [0.05, 0.1) is 46.6 Å². The summed E-state index contributed by atoms with van der Waals surface area (Å²) in [5, 5.41) is 28.3. The summed E-state index contributed by atoms with van der Waals surface area (Å²) in [7, 11) is 0. The van der Waals surface area contributed by atoms with Crippen molar-refractivity contribution >= 4 is 17.0 Å². The molecule has 42 heavy (non-hydrogen) atoms. The van der Waals surface area contributed by atoms with Gasteiger partial charge in [0.25, 0.3) is 0 Å². The van der Waals surface area contributed by atoms with Gasteiger partial charge in [-0.3, -0.25) is 0 Å². The van der Waals surface area contributed by atoms with Crippen LogP contribution in [0.25, 0.3) is 22.3 Å². The Bertz CT molecular complexity index is 1860. The van der Waals surface area contributed by atoms with Gasteiger partial charge in [0.2, 0.25) is 5.88 Å². The maximum absolute atomic E-state index is 15.3. The summed E-state index contributed by atoms with van der Waals surface area (Å²) in [6, 6.07) is 16.7. The number of carbonyl (C=O) groups is 1. The highest BCUT2D eigenvalue weighted by Gasteiger charge is 2.19. The van der Waals surface area contributed by atoms with E-state index >= 15 is 8.78 Å². The van der Waals surface area contributed by atoms with Gasteiger partial charge in [0, 0.05) is 23.6 Å². The zero-order valence-electron chi connectivity index (χ0n) is 22.2. The van der Waals surface area contributed by atoms with Crippen LogP contribution in [0, 0.1) is 28.8 Å². The molecule has 2 heterocycles. The van der Waals surface area contributed by atoms with Crippen molar-refractivity contribution in [3.8, 4) is 23.2 Å². The number of carboxylic acid groups (broad SMARTS) is 1. The molecular weight excluding hydrogens is 549 g/mol. The number of fused-ring (bicyclic) bond motifs is 1. The number of nitrogens with zero attached hydrogens (tertiary/aromatic N) is 4. The maximum Gasteiger partial charge on any atom is 0.335 e. The number of benzene rings is 3. The van der Waals surface area contributed by atoms with Crippen molar-refractivity contribution in [3.63, 3.8) is 0 Å². The number of ether oxygens (including phenoxy) is 1. The van der Waals surface area contributed by atoms with E-state index in [4.69, 9.17) is 10.00 Å². The van der Waals surface area contributed by atoms with Crippen LogP contribution < -0.4 is 4.74 Å². The minimum absolute atomic E-state index is 0.000512. The predicted molar refractivity (Wildman–Crippen MR) is 146 cm³/mol. The number of aliphatic hydroxyl groups excluding tert-OH is 1. The minimum Gasteiger partial charge on any atom is -0.478 e. The molecule has 0 aliphatic carbocycles. The lowest BCUT2D eigenvalue weighted by atomic mass is 10.0. The lowest BCUT2D eigenvalue weighted by Gasteiger charge is -2.13. The van der Waals surface area contributed by atoms with E-state index in [1.807, 2.05) is 6.07 Å². The normalized spacial score (nSPS) is 11.8. The second-order valence-corrected chi connectivity index (χ2v) is 9.66. The lowest BCUT2D eigenvalue weighted by molar-refractivity contribution is 0.0697. The van der Waals surface area contributed by atoms with Crippen LogP contribution in [0.4, 0.5) is 13.2 Å². The molecule has 0 aliphatic rings. The van der Waals surface area contributed by atoms with Crippen molar-refractivity contribution in [2.24, 2.45) is 0 Å². The third-order valence-corrected chi connectivity index (χ3v) is 6.56. The average Bonchev–Trinajstić information content (AvgIpc) is 3.29. The highest BCUT2D eigenvalue weighted by Crippen LogP contribution is 2.28. The summed E-state index contributed by atoms with van der Waals surface area (Å²) in [6.45, 7) is 1.43. The van der Waals surface area contributed by atoms with E-state index in [0.717, 1.165) is 18.2 Å². The van der Waals surface area contributed by atoms with Crippen LogP contribution in [0.3, 0.4) is 0 Å². The van der Waals surface area contributed by atoms with Gasteiger partial charge < -0.3 is 19.5 Å². The number of carboxylic acids is 1. The van der Waals surface area contributed by atoms with Crippen LogP contribution in [0.1, 0.15) is 39.8 Å². The summed E-state index contributed by atoms with van der Waals surface area (Å²) in [5.41, 5.74) is 1.28. The Balaban J connectivity index is 1.41. The average molecular weight is 573 g/mol. The zero-order chi connectivity index (χ0) is 30.0. The van der Waals surface area contributed by atoms with Crippen molar-refractivity contribution in [1.29, 1.82) is 5.26 Å². The van der Waals surface area contributed by atoms with Gasteiger partial charge in [-0.1, -0.05) is 12.1 Å². The molecule has 2 N–H and O–H groups in total. The van der Waals surface area contributed by atoms with Crippen LogP contribution >= 0.6 is 0 Å². The van der Waals surface area contributed by atoms with Crippen LogP contribution in [0.2, 0.25) is 0 Å². The molecule has 8 nitrogen and oxygen atoms in total. The van der Waals surface area contributed by atoms with Gasteiger partial charge in [-0.2, -0.15) is 5.26 Å². The van der Waals surface area contributed by atoms with Gasteiger partial charge >= 0.3 is 5.97 Å². The number of hydrogen-bond donors (Lipinski definition) is 2. The third kappa shape index (κ3) is 5.94. The molecule has 0 aliphatic heterocycles. The molecule has 0 fully saturated rings. The maximum atomic E-state index is 15.3. The van der Waals surface area contributed by atoms with E-state index in [-0.39, 0.29) is 59.0 Å². The Hall–Kier alpha value is -5.21. The first kappa shape index (κ1) is 28.3. The van der Waals surface area contributed by atoms with Crippen LogP contribution in [0.15, 0.2) is 66.7 Å². The quantitative estimate of drug-likeness (QED) is 0.235. The van der Waals surface area contributed by atoms with E-state index in [1.165, 1.54) is 42.5 Å². The summed E-state index contributed by atoms with van der Waals surface area (Å²) in [6.07, 6.45) is -0.938. The van der Waals surface area contributed by atoms with E-state index in [2.05, 4.69) is 9.97 Å². The molecule has 0 radical (unpaired) electrons. The molecule has 0 amide bonds. The number of aliphatic hydroxyl groups is 1. The largest absolute Gasteiger partial charge is 0.478 e. The van der Waals surface area contributed by atoms with E-state index < -0.39 is 29.5 Å². The number of pyridine rings is 1. The summed E-state index contributed by atoms with van der Waals surface area (Å²) in [5.74, 6) is -2.83. The fraction of sp³-hybridized carbons (Fsp3) is 0.161. The van der Waals surface area contributed by atoms with Crippen molar-refractivity contribution < 1.29 is 32.9 Å². The molecule has 0 bridgehead atoms. The second-order valence-electron chi connectivity index (χ2n) is 9.66. The molecule has 0 spiro atoms. The zero-order valence-corrected chi connectivity index (χ0v) is 22.2. The summed E-state index contributed by atoms with van der Waals surface area (Å²) in [4.78, 5) is 20.2. The fourth-order valence-corrected chi connectivity index (χ4v) is 4.53. The number of halogens is 3. The van der Waals surface area contributed by atoms with Crippen LogP contribution in [-0.4, -0.2) is 36.8 Å². The van der Waals surface area contributed by atoms with E-state index in [1.54, 1.807) is 17.6 Å². The number of rotatable bonds is 9. The topological polar surface area (TPSA) is 121 Å². The standard InChI is InChI=1S/C31H23F3N4O4/c1-17(39)15-38-28-11-19(31(40)41)7-8-27(28)36-29(38)12-21-10-25(34)22(13-24(21)33)26-3-2-4-30(37-26)42-16-20-6-5-18(14-35)9-23(20)32/h2-11,13,17,39H,12,15-16H2,1H3,(H,40,41)/t17-/m1/s1. The Morgan fingerprint density at radius 1 is 1.00 bits per heavy atom. The molecule has 5 aromatic rings. The van der Waals surface area contributed by atoms with Gasteiger partial charge in [-0.25, -0.2) is 27.9 Å². The molecule has 11 heteroatoms. The number of hydrogen-bond acceptors (Lipinski definition) is 6. The molecule has 0 saturated heterocycles. The van der Waals surface area contributed by atoms with Gasteiger partial charge in [0.1, 0.15) is 29.9 Å². The van der Waals surface area contributed by atoms with Crippen LogP contribution in [0.5, 0.6) is 5.88 Å². The Kier molecular flexibility index (Phi) is 7.91. The highest BCUT2D eigenvalue weighted by atomic mass is 19.1. The first-order valence-electron chi connectivity index (χ1n) is 12.8. The Labute approximate surface area is 237 Å². The third-order valence-electron chi connectivity index (χ3n) is 6.56. The first-order chi connectivity index (χ1) is 20.1. The van der Waals surface area contributed by atoms with Crippen molar-refractivity contribution in [2.75, 3.05) is 0 Å². The van der Waals surface area contributed by atoms with E-state index in [0.29, 0.717) is 16.9 Å². The molecule has 1 atom stereocenters. The van der Waals surface area contributed by atoms with Crippen molar-refractivity contribution in [3.05, 3.63) is 112 Å². The Morgan fingerprint density at radius 2 is 1.79 bits per heavy atom. The number of imidazole rings is 1. The highest BCUT2D eigenvalue weighted by molar-refractivity contribution is 5.92. The summed E-state index contributed by atoms with van der Waals surface area (Å²) < 4.78 is 52.0. The number of aromatic nitrogens is 3. The monoisotopic (exact) mass is 572 g/mol. The Morgan fingerprint density at radius 3 is 2.50 bits per heavy atom. The minimum atomic E-state index is -1.13. The fourth-order valence-electron chi connectivity index (χ4n) is 4.53. The first-order valence-corrected chi connectivity index (χ1v) is 12.8. The second kappa shape index (κ2) is 11.7. The summed E-state index contributed by atoms with van der Waals surface area (Å²) >= 11 is 0. The molecule has 3 aromatic carbocycles. The van der Waals surface area contributed by atoms with Crippen molar-refractivity contribution in [1.82, 2.24) is 14.5 Å². The van der Waals surface area contributed by atoms with Crippen LogP contribution in [-0.2, 0) is 19.6 Å². The molecule has 212 valence electrons. The number of aromatic carboxylic acids is 1. The molecular formula is C31H23F3N4O4. The lowest BCUT2D eigenvalue weighted by Crippen LogP contribution is -2.15. The van der Waals surface area contributed by atoms with E-state index in [9.17, 15) is 19.4 Å². The molecule has 0 unspecified atom stereocenters. The SMILES string of the molecule is C[C@@H](O)Cn1c(Cc2cc(F)c(-c3cccc(OCc4ccc(C#N)cc4F)n3)cc2F)nc2ccc(C(=O)O)cc21. The number of nitriles is 1. The molecule has 2 aromatic heterocycles. The van der Waals surface area contributed by atoms with Gasteiger partial charge in [-0.05, 0) is 61.0 Å². The molecule has 5 rings (SSSR count). The van der Waals surface area contributed by atoms with Crippen molar-refractivity contribution in [2.45, 2.75) is 32.6 Å². The van der Waals surface area contributed by atoms with Gasteiger partial charge in [-0.15, -0.1) is 0 Å². The van der Waals surface area contributed by atoms with Gasteiger partial charge in [0.15, 0.2) is 0 Å². The predicted octanol–water partition coefficient (Wildman–Crippen LogP) is 5.64. The molecule has 0 saturated carbocycles.